The summed E-state index contributed by atoms with van der Waals surface area (Å²) in [6.07, 6.45) is 2.47. The molecular weight excluding hydrogens is 358 g/mol. The minimum absolute atomic E-state index is 0.0128. The molecule has 0 aliphatic carbocycles. The van der Waals surface area contributed by atoms with E-state index < -0.39 is 12.0 Å². The Morgan fingerprint density at radius 1 is 1.11 bits per heavy atom. The van der Waals surface area contributed by atoms with Gasteiger partial charge < -0.3 is 15.0 Å². The summed E-state index contributed by atoms with van der Waals surface area (Å²) in [4.78, 5) is 39.8. The maximum Gasteiger partial charge on any atom is 0.411 e. The number of anilines is 2. The summed E-state index contributed by atoms with van der Waals surface area (Å²) in [7, 11) is 1.28. The van der Waals surface area contributed by atoms with E-state index in [1.54, 1.807) is 30.3 Å². The molecule has 0 saturated heterocycles. The Balaban J connectivity index is 1.89. The predicted molar refractivity (Wildman–Crippen MR) is 109 cm³/mol. The standard InChI is InChI=1S/C21H21N3O4/c1-3-6-13-9-10-14(11-18(13)24-21(27)28-2)23-20(26)16-12-22-17-8-5-4-7-15(17)19(16)25/h4-5,7-12H,3,6H2,1-2H3,(H,22,25)(H,23,26)(H,24,27). The van der Waals surface area contributed by atoms with Gasteiger partial charge >= 0.3 is 6.09 Å². The van der Waals surface area contributed by atoms with Crippen LogP contribution in [0.25, 0.3) is 10.9 Å². The van der Waals surface area contributed by atoms with Crippen LogP contribution in [-0.4, -0.2) is 24.1 Å². The van der Waals surface area contributed by atoms with Crippen molar-refractivity contribution < 1.29 is 14.3 Å². The van der Waals surface area contributed by atoms with Crippen LogP contribution >= 0.6 is 0 Å². The number of aromatic nitrogens is 1. The largest absolute Gasteiger partial charge is 0.453 e. The lowest BCUT2D eigenvalue weighted by Crippen LogP contribution is -2.22. The van der Waals surface area contributed by atoms with Crippen molar-refractivity contribution in [3.05, 3.63) is 70.0 Å². The molecule has 2 aromatic carbocycles. The number of carbonyl (C=O) groups is 2. The summed E-state index contributed by atoms with van der Waals surface area (Å²) < 4.78 is 4.65. The number of aryl methyl sites for hydroxylation is 1. The lowest BCUT2D eigenvalue weighted by Gasteiger charge is -2.13. The highest BCUT2D eigenvalue weighted by molar-refractivity contribution is 6.06. The molecule has 0 saturated carbocycles. The number of hydrogen-bond acceptors (Lipinski definition) is 4. The average Bonchev–Trinajstić information content (AvgIpc) is 2.70. The lowest BCUT2D eigenvalue weighted by molar-refractivity contribution is 0.102. The minimum Gasteiger partial charge on any atom is -0.453 e. The van der Waals surface area contributed by atoms with E-state index in [0.717, 1.165) is 18.4 Å². The third-order valence-electron chi connectivity index (χ3n) is 4.34. The van der Waals surface area contributed by atoms with Gasteiger partial charge in [-0.2, -0.15) is 0 Å². The van der Waals surface area contributed by atoms with Gasteiger partial charge in [0.2, 0.25) is 5.43 Å². The van der Waals surface area contributed by atoms with Crippen molar-refractivity contribution >= 4 is 34.3 Å². The van der Waals surface area contributed by atoms with Crippen LogP contribution in [0.4, 0.5) is 16.2 Å². The highest BCUT2D eigenvalue weighted by Gasteiger charge is 2.14. The molecule has 3 N–H and O–H groups in total. The fourth-order valence-corrected chi connectivity index (χ4v) is 2.95. The van der Waals surface area contributed by atoms with Crippen LogP contribution < -0.4 is 16.1 Å². The Hall–Kier alpha value is -3.61. The second-order valence-electron chi connectivity index (χ2n) is 6.27. The number of rotatable bonds is 5. The maximum absolute atomic E-state index is 12.6. The predicted octanol–water partition coefficient (Wildman–Crippen LogP) is 3.91. The molecule has 7 nitrogen and oxygen atoms in total. The molecule has 2 amide bonds. The number of aromatic amines is 1. The molecule has 0 spiro atoms. The van der Waals surface area contributed by atoms with Crippen LogP contribution in [-0.2, 0) is 11.2 Å². The van der Waals surface area contributed by atoms with Crippen LogP contribution in [0.15, 0.2) is 53.5 Å². The number of pyridine rings is 1. The van der Waals surface area contributed by atoms with Gasteiger partial charge in [0.15, 0.2) is 0 Å². The summed E-state index contributed by atoms with van der Waals surface area (Å²) >= 11 is 0. The zero-order valence-electron chi connectivity index (χ0n) is 15.7. The lowest BCUT2D eigenvalue weighted by atomic mass is 10.1. The van der Waals surface area contributed by atoms with Crippen molar-refractivity contribution in [2.75, 3.05) is 17.7 Å². The van der Waals surface area contributed by atoms with E-state index in [4.69, 9.17) is 0 Å². The number of hydrogen-bond donors (Lipinski definition) is 3. The first-order valence-electron chi connectivity index (χ1n) is 8.93. The molecule has 3 aromatic rings. The fraction of sp³-hybridized carbons (Fsp3) is 0.190. The van der Waals surface area contributed by atoms with Crippen molar-refractivity contribution in [2.24, 2.45) is 0 Å². The third kappa shape index (κ3) is 4.03. The number of benzene rings is 2. The summed E-state index contributed by atoms with van der Waals surface area (Å²) in [5.41, 5.74) is 2.27. The number of H-pyrrole nitrogens is 1. The fourth-order valence-electron chi connectivity index (χ4n) is 2.95. The van der Waals surface area contributed by atoms with Gasteiger partial charge in [0, 0.05) is 28.5 Å². The summed E-state index contributed by atoms with van der Waals surface area (Å²) in [6.45, 7) is 2.03. The smallest absolute Gasteiger partial charge is 0.411 e. The van der Waals surface area contributed by atoms with Crippen LogP contribution in [0.2, 0.25) is 0 Å². The van der Waals surface area contributed by atoms with Crippen LogP contribution in [0.3, 0.4) is 0 Å². The van der Waals surface area contributed by atoms with E-state index in [2.05, 4.69) is 20.4 Å². The Morgan fingerprint density at radius 2 is 1.89 bits per heavy atom. The van der Waals surface area contributed by atoms with Gasteiger partial charge in [-0.1, -0.05) is 31.5 Å². The summed E-state index contributed by atoms with van der Waals surface area (Å²) in [5, 5.41) is 5.81. The first kappa shape index (κ1) is 19.2. The first-order valence-corrected chi connectivity index (χ1v) is 8.93. The molecule has 7 heteroatoms. The van der Waals surface area contributed by atoms with Crippen molar-refractivity contribution in [2.45, 2.75) is 19.8 Å². The molecule has 28 heavy (non-hydrogen) atoms. The summed E-state index contributed by atoms with van der Waals surface area (Å²) in [5.74, 6) is -0.528. The Kier molecular flexibility index (Phi) is 5.74. The SMILES string of the molecule is CCCc1ccc(NC(=O)c2c[nH]c3ccccc3c2=O)cc1NC(=O)OC. The normalized spacial score (nSPS) is 10.5. The van der Waals surface area contributed by atoms with Crippen molar-refractivity contribution in [3.63, 3.8) is 0 Å². The molecule has 1 heterocycles. The Labute approximate surface area is 161 Å². The summed E-state index contributed by atoms with van der Waals surface area (Å²) in [6, 6.07) is 12.2. The number of carbonyl (C=O) groups excluding carboxylic acids is 2. The molecule has 1 aromatic heterocycles. The molecule has 0 aliphatic heterocycles. The minimum atomic E-state index is -0.591. The molecule has 3 rings (SSSR count). The number of methoxy groups -OCH3 is 1. The molecule has 0 fully saturated rings. The van der Waals surface area contributed by atoms with E-state index in [1.807, 2.05) is 19.1 Å². The zero-order valence-corrected chi connectivity index (χ0v) is 15.7. The van der Waals surface area contributed by atoms with Gasteiger partial charge in [-0.05, 0) is 36.2 Å². The third-order valence-corrected chi connectivity index (χ3v) is 4.34. The number of amides is 2. The van der Waals surface area contributed by atoms with E-state index in [1.165, 1.54) is 13.3 Å². The number of fused-ring (bicyclic) bond motifs is 1. The van der Waals surface area contributed by atoms with Crippen molar-refractivity contribution in [1.82, 2.24) is 4.98 Å². The average molecular weight is 379 g/mol. The second kappa shape index (κ2) is 8.39. The monoisotopic (exact) mass is 379 g/mol. The van der Waals surface area contributed by atoms with E-state index in [0.29, 0.717) is 22.3 Å². The van der Waals surface area contributed by atoms with Crippen LogP contribution in [0.1, 0.15) is 29.3 Å². The molecule has 0 atom stereocenters. The zero-order chi connectivity index (χ0) is 20.1. The van der Waals surface area contributed by atoms with Crippen LogP contribution in [0, 0.1) is 0 Å². The Bertz CT molecular complexity index is 1090. The van der Waals surface area contributed by atoms with Crippen molar-refractivity contribution in [1.29, 1.82) is 0 Å². The number of ether oxygens (including phenoxy) is 1. The molecule has 0 radical (unpaired) electrons. The second-order valence-corrected chi connectivity index (χ2v) is 6.27. The van der Waals surface area contributed by atoms with E-state index in [-0.39, 0.29) is 11.0 Å². The molecule has 0 unspecified atom stereocenters. The highest BCUT2D eigenvalue weighted by Crippen LogP contribution is 2.23. The molecule has 144 valence electrons. The van der Waals surface area contributed by atoms with Crippen molar-refractivity contribution in [3.8, 4) is 0 Å². The van der Waals surface area contributed by atoms with Gasteiger partial charge in [0.1, 0.15) is 5.56 Å². The number of nitrogens with one attached hydrogen (secondary N) is 3. The van der Waals surface area contributed by atoms with Gasteiger partial charge in [-0.15, -0.1) is 0 Å². The molecular formula is C21H21N3O4. The van der Waals surface area contributed by atoms with Gasteiger partial charge in [-0.3, -0.25) is 14.9 Å². The highest BCUT2D eigenvalue weighted by atomic mass is 16.5. The van der Waals surface area contributed by atoms with Gasteiger partial charge in [0.05, 0.1) is 7.11 Å². The Morgan fingerprint density at radius 3 is 2.64 bits per heavy atom. The molecule has 0 bridgehead atoms. The molecule has 0 aliphatic rings. The number of para-hydroxylation sites is 1. The van der Waals surface area contributed by atoms with Crippen LogP contribution in [0.5, 0.6) is 0 Å². The van der Waals surface area contributed by atoms with Gasteiger partial charge in [0.25, 0.3) is 5.91 Å². The topological polar surface area (TPSA) is 100 Å². The maximum atomic E-state index is 12.6. The van der Waals surface area contributed by atoms with Gasteiger partial charge in [-0.25, -0.2) is 4.79 Å². The quantitative estimate of drug-likeness (QED) is 0.626. The first-order chi connectivity index (χ1) is 13.5. The van der Waals surface area contributed by atoms with E-state index in [9.17, 15) is 14.4 Å². The van der Waals surface area contributed by atoms with E-state index >= 15 is 0 Å².